The van der Waals surface area contributed by atoms with Crippen molar-refractivity contribution in [3.8, 4) is 11.4 Å². The number of fused-ring (bicyclic) bond motifs is 1. The summed E-state index contributed by atoms with van der Waals surface area (Å²) in [5.74, 6) is 1.23. The fourth-order valence-corrected chi connectivity index (χ4v) is 6.46. The number of hydrogen-bond donors (Lipinski definition) is 1. The number of ketones is 2. The Morgan fingerprint density at radius 1 is 1.05 bits per heavy atom. The summed E-state index contributed by atoms with van der Waals surface area (Å²) in [6.45, 7) is 5.39. The Hall–Kier alpha value is -3.58. The lowest BCUT2D eigenvalue weighted by atomic mass is 9.82. The number of aromatic nitrogens is 2. The largest absolute Gasteiger partial charge is 0.326 e. The maximum Gasteiger partial charge on any atom is 0.221 e. The number of hydrogen-bond acceptors (Lipinski definition) is 5. The molecule has 38 heavy (non-hydrogen) atoms. The second-order valence-electron chi connectivity index (χ2n) is 10.2. The lowest BCUT2D eigenvalue weighted by Gasteiger charge is -2.31. The summed E-state index contributed by atoms with van der Waals surface area (Å²) in [7, 11) is 0. The van der Waals surface area contributed by atoms with Gasteiger partial charge in [-0.1, -0.05) is 25.5 Å². The summed E-state index contributed by atoms with van der Waals surface area (Å²) >= 11 is 1.57. The average molecular weight is 528 g/mol. The van der Waals surface area contributed by atoms with E-state index in [2.05, 4.69) is 9.88 Å². The fourth-order valence-electron chi connectivity index (χ4n) is 5.64. The minimum Gasteiger partial charge on any atom is -0.326 e. The van der Waals surface area contributed by atoms with Gasteiger partial charge in [-0.3, -0.25) is 14.4 Å². The molecule has 1 aliphatic rings. The standard InChI is InChI=1S/C31H33N3O3S/c1-4-28(36)22-13-14-27-26(18-22)33-31(24-10-5-6-11-25(24)32-20(3)35)34(27)23-9-7-8-21(16-23)17-29(37)30-15-12-19(2)38-30/h5-6,10-15,18,21,23H,4,7-9,16-17H2,1-3H3,(H,32,35)/t21-,23+/m1/s1. The first-order valence-corrected chi connectivity index (χ1v) is 14.2. The zero-order chi connectivity index (χ0) is 26.8. The van der Waals surface area contributed by atoms with Crippen LogP contribution < -0.4 is 5.32 Å². The minimum atomic E-state index is -0.143. The highest BCUT2D eigenvalue weighted by Crippen LogP contribution is 2.41. The molecular formula is C31H33N3O3S. The molecule has 2 heterocycles. The van der Waals surface area contributed by atoms with E-state index in [1.54, 1.807) is 11.3 Å². The van der Waals surface area contributed by atoms with E-state index in [-0.39, 0.29) is 23.5 Å². The van der Waals surface area contributed by atoms with Gasteiger partial charge in [-0.25, -0.2) is 4.98 Å². The molecule has 1 saturated carbocycles. The van der Waals surface area contributed by atoms with Crippen LogP contribution in [0, 0.1) is 12.8 Å². The zero-order valence-electron chi connectivity index (χ0n) is 22.1. The molecule has 5 rings (SSSR count). The Labute approximate surface area is 227 Å². The van der Waals surface area contributed by atoms with E-state index in [1.807, 2.05) is 68.4 Å². The molecule has 0 saturated heterocycles. The Kier molecular flexibility index (Phi) is 7.56. The maximum absolute atomic E-state index is 13.0. The molecule has 4 aromatic rings. The quantitative estimate of drug-likeness (QED) is 0.239. The van der Waals surface area contributed by atoms with Gasteiger partial charge in [0, 0.05) is 41.8 Å². The number of rotatable bonds is 8. The van der Waals surface area contributed by atoms with E-state index in [0.29, 0.717) is 30.0 Å². The number of benzene rings is 2. The van der Waals surface area contributed by atoms with Crippen LogP contribution in [-0.4, -0.2) is 27.0 Å². The molecule has 7 heteroatoms. The Morgan fingerprint density at radius 3 is 2.61 bits per heavy atom. The molecule has 1 N–H and O–H groups in total. The summed E-state index contributed by atoms with van der Waals surface area (Å²) in [6, 6.07) is 17.6. The summed E-state index contributed by atoms with van der Waals surface area (Å²) in [4.78, 5) is 44.5. The third-order valence-corrected chi connectivity index (χ3v) is 8.46. The van der Waals surface area contributed by atoms with Crippen molar-refractivity contribution in [3.05, 3.63) is 69.9 Å². The Morgan fingerprint density at radius 2 is 1.87 bits per heavy atom. The van der Waals surface area contributed by atoms with E-state index in [4.69, 9.17) is 4.98 Å². The first-order chi connectivity index (χ1) is 18.3. The molecule has 196 valence electrons. The molecule has 0 spiro atoms. The molecule has 0 bridgehead atoms. The lowest BCUT2D eigenvalue weighted by molar-refractivity contribution is -0.114. The maximum atomic E-state index is 13.0. The molecule has 1 fully saturated rings. The van der Waals surface area contributed by atoms with Crippen molar-refractivity contribution in [2.75, 3.05) is 5.32 Å². The number of para-hydroxylation sites is 1. The number of thiophene rings is 1. The summed E-state index contributed by atoms with van der Waals surface area (Å²) < 4.78 is 2.28. The number of amides is 1. The van der Waals surface area contributed by atoms with Crippen molar-refractivity contribution in [3.63, 3.8) is 0 Å². The Balaban J connectivity index is 1.55. The highest BCUT2D eigenvalue weighted by atomic mass is 32.1. The van der Waals surface area contributed by atoms with Crippen molar-refractivity contribution in [1.82, 2.24) is 9.55 Å². The van der Waals surface area contributed by atoms with Gasteiger partial charge in [0.1, 0.15) is 5.82 Å². The molecule has 0 aliphatic heterocycles. The van der Waals surface area contributed by atoms with Crippen LogP contribution in [0.25, 0.3) is 22.4 Å². The molecule has 0 unspecified atom stereocenters. The second-order valence-corrected chi connectivity index (χ2v) is 11.5. The van der Waals surface area contributed by atoms with E-state index < -0.39 is 0 Å². The SMILES string of the molecule is CCC(=O)c1ccc2c(c1)nc(-c1ccccc1NC(C)=O)n2[C@H]1CCC[C@@H](CC(=O)c2ccc(C)s2)C1. The fraction of sp³-hybridized carbons (Fsp3) is 0.355. The third kappa shape index (κ3) is 5.34. The normalized spacial score (nSPS) is 17.4. The molecular weight excluding hydrogens is 494 g/mol. The highest BCUT2D eigenvalue weighted by molar-refractivity contribution is 7.14. The second kappa shape index (κ2) is 11.0. The molecule has 6 nitrogen and oxygen atoms in total. The number of imidazole rings is 1. The van der Waals surface area contributed by atoms with Gasteiger partial charge in [-0.15, -0.1) is 11.3 Å². The first-order valence-electron chi connectivity index (χ1n) is 13.4. The predicted molar refractivity (Wildman–Crippen MR) is 153 cm³/mol. The number of carbonyl (C=O) groups is 3. The third-order valence-electron chi connectivity index (χ3n) is 7.42. The van der Waals surface area contributed by atoms with Crippen LogP contribution in [-0.2, 0) is 4.79 Å². The van der Waals surface area contributed by atoms with Crippen LogP contribution in [0.2, 0.25) is 0 Å². The van der Waals surface area contributed by atoms with Gasteiger partial charge in [0.25, 0.3) is 0 Å². The first kappa shape index (κ1) is 26.0. The molecule has 2 aromatic heterocycles. The number of nitrogens with one attached hydrogen (secondary N) is 1. The lowest BCUT2D eigenvalue weighted by Crippen LogP contribution is -2.22. The zero-order valence-corrected chi connectivity index (χ0v) is 22.9. The number of nitrogens with zero attached hydrogens (tertiary/aromatic N) is 2. The highest BCUT2D eigenvalue weighted by Gasteiger charge is 2.29. The Bertz CT molecular complexity index is 1520. The van der Waals surface area contributed by atoms with Gasteiger partial charge in [0.05, 0.1) is 21.6 Å². The number of carbonyl (C=O) groups excluding carboxylic acids is 3. The predicted octanol–water partition coefficient (Wildman–Crippen LogP) is 7.63. The van der Waals surface area contributed by atoms with Crippen LogP contribution in [0.3, 0.4) is 0 Å². The van der Waals surface area contributed by atoms with Crippen molar-refractivity contribution in [2.24, 2.45) is 5.92 Å². The van der Waals surface area contributed by atoms with Gasteiger partial charge in [0.15, 0.2) is 11.6 Å². The topological polar surface area (TPSA) is 81.1 Å². The molecule has 1 amide bonds. The summed E-state index contributed by atoms with van der Waals surface area (Å²) in [6.07, 6.45) is 4.92. The molecule has 0 radical (unpaired) electrons. The van der Waals surface area contributed by atoms with Gasteiger partial charge < -0.3 is 9.88 Å². The van der Waals surface area contributed by atoms with Gasteiger partial charge in [-0.2, -0.15) is 0 Å². The van der Waals surface area contributed by atoms with Gasteiger partial charge in [0.2, 0.25) is 5.91 Å². The minimum absolute atomic E-state index is 0.0849. The van der Waals surface area contributed by atoms with Crippen molar-refractivity contribution < 1.29 is 14.4 Å². The van der Waals surface area contributed by atoms with Crippen LogP contribution in [0.15, 0.2) is 54.6 Å². The summed E-state index contributed by atoms with van der Waals surface area (Å²) in [5, 5.41) is 2.95. The van der Waals surface area contributed by atoms with Gasteiger partial charge in [-0.05, 0) is 74.6 Å². The molecule has 2 aromatic carbocycles. The van der Waals surface area contributed by atoms with Crippen molar-refractivity contribution in [1.29, 1.82) is 0 Å². The van der Waals surface area contributed by atoms with Crippen LogP contribution in [0.1, 0.15) is 83.3 Å². The number of aryl methyl sites for hydroxylation is 1. The summed E-state index contributed by atoms with van der Waals surface area (Å²) in [5.41, 5.74) is 3.94. The molecule has 1 aliphatic carbocycles. The van der Waals surface area contributed by atoms with Gasteiger partial charge >= 0.3 is 0 Å². The van der Waals surface area contributed by atoms with Crippen LogP contribution in [0.5, 0.6) is 0 Å². The average Bonchev–Trinajstić information content (AvgIpc) is 3.51. The van der Waals surface area contributed by atoms with Crippen molar-refractivity contribution >= 4 is 45.5 Å². The number of Topliss-reactive ketones (excluding diaryl/α,β-unsaturated/α-hetero) is 2. The van der Waals surface area contributed by atoms with E-state index >= 15 is 0 Å². The smallest absolute Gasteiger partial charge is 0.221 e. The molecule has 2 atom stereocenters. The van der Waals surface area contributed by atoms with E-state index in [9.17, 15) is 14.4 Å². The number of anilines is 1. The monoisotopic (exact) mass is 527 g/mol. The van der Waals surface area contributed by atoms with Crippen molar-refractivity contribution in [2.45, 2.75) is 65.3 Å². The van der Waals surface area contributed by atoms with E-state index in [0.717, 1.165) is 57.9 Å². The van der Waals surface area contributed by atoms with Crippen LogP contribution in [0.4, 0.5) is 5.69 Å². The van der Waals surface area contributed by atoms with Crippen LogP contribution >= 0.6 is 11.3 Å². The van der Waals surface area contributed by atoms with E-state index in [1.165, 1.54) is 6.92 Å².